The van der Waals surface area contributed by atoms with Gasteiger partial charge in [0.15, 0.2) is 0 Å². The molecule has 2 heteroatoms. The Balaban J connectivity index is 1.93. The summed E-state index contributed by atoms with van der Waals surface area (Å²) in [6.07, 6.45) is 0. The fourth-order valence-corrected chi connectivity index (χ4v) is 0.751. The smallest absolute Gasteiger partial charge is 0.0568 e. The van der Waals surface area contributed by atoms with Crippen LogP contribution < -0.4 is 10.6 Å². The van der Waals surface area contributed by atoms with E-state index < -0.39 is 0 Å². The number of hydrogen-bond acceptors (Lipinski definition) is 1. The largest absolute Gasteiger partial charge is 0.479 e. The van der Waals surface area contributed by atoms with Gasteiger partial charge in [0.05, 0.1) is 6.54 Å². The quantitative estimate of drug-likeness (QED) is 0.409. The number of rotatable bonds is 2. The van der Waals surface area contributed by atoms with E-state index in [1.54, 1.807) is 0 Å². The second-order valence-corrected chi connectivity index (χ2v) is 2.05. The van der Waals surface area contributed by atoms with Gasteiger partial charge in [-0.2, -0.15) is 7.05 Å². The van der Waals surface area contributed by atoms with E-state index in [0.717, 1.165) is 5.92 Å². The van der Waals surface area contributed by atoms with Gasteiger partial charge in [0, 0.05) is 19.0 Å². The maximum atomic E-state index is 3.65. The highest BCUT2D eigenvalue weighted by Gasteiger charge is 2.15. The standard InChI is InChI=1S/C5H12N2/c1-6-2-5-3-7-4-5/h5,7H,1-4,6H2. The molecule has 0 amide bonds. The third kappa shape index (κ3) is 1.14. The van der Waals surface area contributed by atoms with Gasteiger partial charge in [0.25, 0.3) is 0 Å². The van der Waals surface area contributed by atoms with E-state index in [2.05, 4.69) is 12.4 Å². The highest BCUT2D eigenvalue weighted by Crippen LogP contribution is 1.96. The van der Waals surface area contributed by atoms with E-state index in [1.165, 1.54) is 19.6 Å². The molecule has 7 heavy (non-hydrogen) atoms. The maximum Gasteiger partial charge on any atom is 0.0568 e. The lowest BCUT2D eigenvalue weighted by Crippen LogP contribution is -2.80. The molecule has 0 bridgehead atoms. The fourth-order valence-electron chi connectivity index (χ4n) is 0.751. The first-order valence-corrected chi connectivity index (χ1v) is 2.75. The van der Waals surface area contributed by atoms with Crippen molar-refractivity contribution in [3.8, 4) is 0 Å². The molecular weight excluding hydrogens is 88.1 g/mol. The van der Waals surface area contributed by atoms with Crippen molar-refractivity contribution >= 4 is 0 Å². The van der Waals surface area contributed by atoms with Crippen molar-refractivity contribution < 1.29 is 5.32 Å². The lowest BCUT2D eigenvalue weighted by atomic mass is 10.0. The van der Waals surface area contributed by atoms with Crippen molar-refractivity contribution in [1.82, 2.24) is 5.32 Å². The second kappa shape index (κ2) is 2.28. The van der Waals surface area contributed by atoms with Crippen LogP contribution in [0.4, 0.5) is 0 Å². The number of hydrogen-bond donors (Lipinski definition) is 2. The third-order valence-electron chi connectivity index (χ3n) is 1.37. The summed E-state index contributed by atoms with van der Waals surface area (Å²) in [5.41, 5.74) is 0. The summed E-state index contributed by atoms with van der Waals surface area (Å²) in [5, 5.41) is 5.19. The van der Waals surface area contributed by atoms with E-state index in [-0.39, 0.29) is 0 Å². The second-order valence-electron chi connectivity index (χ2n) is 2.05. The van der Waals surface area contributed by atoms with Crippen molar-refractivity contribution in [3.05, 3.63) is 7.05 Å². The van der Waals surface area contributed by atoms with Crippen LogP contribution >= 0.6 is 0 Å². The fraction of sp³-hybridized carbons (Fsp3) is 0.800. The van der Waals surface area contributed by atoms with Crippen LogP contribution in [0.3, 0.4) is 0 Å². The van der Waals surface area contributed by atoms with Crippen LogP contribution in [0.15, 0.2) is 0 Å². The van der Waals surface area contributed by atoms with Gasteiger partial charge in [0.1, 0.15) is 0 Å². The summed E-state index contributed by atoms with van der Waals surface area (Å²) >= 11 is 0. The van der Waals surface area contributed by atoms with Gasteiger partial charge >= 0.3 is 0 Å². The van der Waals surface area contributed by atoms with Crippen LogP contribution in [0.2, 0.25) is 0 Å². The first-order chi connectivity index (χ1) is 3.43. The molecule has 0 atom stereocenters. The van der Waals surface area contributed by atoms with Gasteiger partial charge in [-0.25, -0.2) is 0 Å². The molecule has 0 aromatic carbocycles. The molecule has 0 radical (unpaired) electrons. The lowest BCUT2D eigenvalue weighted by Gasteiger charge is -2.25. The maximum absolute atomic E-state index is 3.65. The molecule has 3 N–H and O–H groups in total. The van der Waals surface area contributed by atoms with Gasteiger partial charge < -0.3 is 10.6 Å². The topological polar surface area (TPSA) is 28.6 Å². The summed E-state index contributed by atoms with van der Waals surface area (Å²) in [7, 11) is 3.65. The molecule has 1 aliphatic rings. The molecule has 0 aromatic rings. The molecule has 0 saturated carbocycles. The minimum absolute atomic E-state index is 0.900. The summed E-state index contributed by atoms with van der Waals surface area (Å²) < 4.78 is 0. The number of nitrogens with one attached hydrogen (secondary N) is 1. The Morgan fingerprint density at radius 2 is 2.43 bits per heavy atom. The predicted octanol–water partition coefficient (Wildman–Crippen LogP) is -1.44. The molecule has 1 fully saturated rings. The summed E-state index contributed by atoms with van der Waals surface area (Å²) in [6, 6.07) is 0. The lowest BCUT2D eigenvalue weighted by molar-refractivity contribution is -0.603. The predicted molar refractivity (Wildman–Crippen MR) is 28.5 cm³/mol. The Hall–Kier alpha value is -0.0800. The molecule has 0 unspecified atom stereocenters. The van der Waals surface area contributed by atoms with Gasteiger partial charge in [-0.1, -0.05) is 0 Å². The van der Waals surface area contributed by atoms with Crippen LogP contribution in [0.25, 0.3) is 0 Å². The molecule has 1 saturated heterocycles. The van der Waals surface area contributed by atoms with Gasteiger partial charge in [-0.15, -0.1) is 0 Å². The molecule has 2 nitrogen and oxygen atoms in total. The van der Waals surface area contributed by atoms with Crippen LogP contribution in [0.1, 0.15) is 0 Å². The van der Waals surface area contributed by atoms with Gasteiger partial charge in [0.2, 0.25) is 0 Å². The van der Waals surface area contributed by atoms with E-state index >= 15 is 0 Å². The van der Waals surface area contributed by atoms with Crippen molar-refractivity contribution in [2.45, 2.75) is 0 Å². The molecule has 1 aliphatic heterocycles. The Bertz CT molecular complexity index is 50.0. The number of nitrogens with two attached hydrogens (primary N) is 1. The van der Waals surface area contributed by atoms with E-state index in [4.69, 9.17) is 0 Å². The average molecular weight is 100 g/mol. The van der Waals surface area contributed by atoms with Crippen molar-refractivity contribution in [2.75, 3.05) is 19.6 Å². The van der Waals surface area contributed by atoms with Crippen molar-refractivity contribution in [1.29, 1.82) is 0 Å². The van der Waals surface area contributed by atoms with Gasteiger partial charge in [-0.3, -0.25) is 0 Å². The Morgan fingerprint density at radius 1 is 1.71 bits per heavy atom. The minimum Gasteiger partial charge on any atom is -0.479 e. The monoisotopic (exact) mass is 100 g/mol. The summed E-state index contributed by atoms with van der Waals surface area (Å²) in [5.74, 6) is 0.900. The number of quaternary nitrogens is 1. The Labute approximate surface area is 44.3 Å². The molecule has 0 aromatic heterocycles. The zero-order valence-corrected chi connectivity index (χ0v) is 4.48. The Morgan fingerprint density at radius 3 is 2.57 bits per heavy atom. The van der Waals surface area contributed by atoms with E-state index in [1.807, 2.05) is 5.32 Å². The first-order valence-electron chi connectivity index (χ1n) is 2.75. The molecular formula is C5H12N2. The van der Waals surface area contributed by atoms with Gasteiger partial charge in [-0.05, 0) is 0 Å². The molecule has 0 aliphatic carbocycles. The first kappa shape index (κ1) is 5.06. The van der Waals surface area contributed by atoms with Crippen LogP contribution in [0.5, 0.6) is 0 Å². The zero-order valence-electron chi connectivity index (χ0n) is 4.48. The molecule has 0 spiro atoms. The zero-order chi connectivity index (χ0) is 5.11. The summed E-state index contributed by atoms with van der Waals surface area (Å²) in [4.78, 5) is 0. The van der Waals surface area contributed by atoms with Crippen LogP contribution in [0, 0.1) is 13.0 Å². The average Bonchev–Trinajstić information content (AvgIpc) is 1.55. The van der Waals surface area contributed by atoms with Crippen molar-refractivity contribution in [3.63, 3.8) is 0 Å². The van der Waals surface area contributed by atoms with E-state index in [9.17, 15) is 0 Å². The normalized spacial score (nSPS) is 21.9. The van der Waals surface area contributed by atoms with E-state index in [0.29, 0.717) is 0 Å². The SMILES string of the molecule is [CH2-][NH2+]CC1CNC1. The van der Waals surface area contributed by atoms with Crippen LogP contribution in [-0.2, 0) is 0 Å². The van der Waals surface area contributed by atoms with Crippen molar-refractivity contribution in [2.24, 2.45) is 5.92 Å². The molecule has 1 heterocycles. The molecule has 1 rings (SSSR count). The third-order valence-corrected chi connectivity index (χ3v) is 1.37. The Kier molecular flexibility index (Phi) is 1.65. The van der Waals surface area contributed by atoms with Crippen LogP contribution in [-0.4, -0.2) is 19.6 Å². The minimum atomic E-state index is 0.900. The highest BCUT2D eigenvalue weighted by atomic mass is 15.0. The summed E-state index contributed by atoms with van der Waals surface area (Å²) in [6.45, 7) is 3.59. The molecule has 42 valence electrons. The highest BCUT2D eigenvalue weighted by molar-refractivity contribution is 4.72.